The number of rotatable bonds is 5. The normalized spacial score (nSPS) is 12.7. The molecule has 2 aromatic heterocycles. The highest BCUT2D eigenvalue weighted by Crippen LogP contribution is 2.35. The Kier molecular flexibility index (Phi) is 5.73. The van der Waals surface area contributed by atoms with E-state index in [2.05, 4.69) is 15.0 Å². The fourth-order valence-corrected chi connectivity index (χ4v) is 3.42. The number of ether oxygens (including phenoxy) is 1. The molecular formula is C22H15ClF3N3O4. The van der Waals surface area contributed by atoms with Gasteiger partial charge >= 0.3 is 18.2 Å². The highest BCUT2D eigenvalue weighted by molar-refractivity contribution is 6.33. The van der Waals surface area contributed by atoms with Crippen molar-refractivity contribution in [3.8, 4) is 23.0 Å². The van der Waals surface area contributed by atoms with Gasteiger partial charge in [-0.05, 0) is 36.2 Å². The van der Waals surface area contributed by atoms with Gasteiger partial charge in [0.25, 0.3) is 0 Å². The molecule has 0 aliphatic carbocycles. The molecule has 0 bridgehead atoms. The van der Waals surface area contributed by atoms with E-state index in [9.17, 15) is 28.2 Å². The van der Waals surface area contributed by atoms with Gasteiger partial charge in [-0.15, -0.1) is 0 Å². The van der Waals surface area contributed by atoms with Crippen LogP contribution in [0.25, 0.3) is 22.4 Å². The summed E-state index contributed by atoms with van der Waals surface area (Å²) in [6.45, 7) is 1.66. The van der Waals surface area contributed by atoms with Crippen molar-refractivity contribution >= 4 is 28.7 Å². The number of aryl methyl sites for hydroxylation is 1. The van der Waals surface area contributed by atoms with Crippen LogP contribution in [0.5, 0.6) is 11.8 Å². The van der Waals surface area contributed by atoms with Crippen LogP contribution in [-0.2, 0) is 0 Å². The second-order valence-corrected chi connectivity index (χ2v) is 7.59. The summed E-state index contributed by atoms with van der Waals surface area (Å²) in [5, 5.41) is 18.8. The van der Waals surface area contributed by atoms with E-state index >= 15 is 0 Å². The van der Waals surface area contributed by atoms with E-state index in [4.69, 9.17) is 16.3 Å². The Hall–Kier alpha value is -3.63. The van der Waals surface area contributed by atoms with Crippen LogP contribution in [0.3, 0.4) is 0 Å². The minimum Gasteiger partial charge on any atom is -0.478 e. The summed E-state index contributed by atoms with van der Waals surface area (Å²) in [5.41, 5.74) is 1.75. The largest absolute Gasteiger partial charge is 0.478 e. The number of benzene rings is 2. The molecular weight excluding hydrogens is 463 g/mol. The van der Waals surface area contributed by atoms with Gasteiger partial charge in [0.05, 0.1) is 16.3 Å². The van der Waals surface area contributed by atoms with Crippen molar-refractivity contribution < 1.29 is 32.9 Å². The first kappa shape index (κ1) is 22.6. The molecule has 11 heteroatoms. The molecule has 0 aliphatic heterocycles. The number of fused-ring (bicyclic) bond motifs is 1. The third-order valence-electron chi connectivity index (χ3n) is 4.87. The number of aliphatic hydroxyl groups is 1. The van der Waals surface area contributed by atoms with Gasteiger partial charge in [0.2, 0.25) is 0 Å². The third kappa shape index (κ3) is 4.62. The SMILES string of the molecule is Cc1ccc(Oc2nc3cc(Cl)c(-c4ccc(C(O)C(F)(F)F)cc4)nc3[nH]2)cc1C(=O)O. The number of hydrogen-bond donors (Lipinski definition) is 3. The number of aliphatic hydroxyl groups excluding tert-OH is 1. The fraction of sp³-hybridized carbons (Fsp3) is 0.136. The molecule has 0 saturated carbocycles. The quantitative estimate of drug-likeness (QED) is 0.341. The number of carbonyl (C=O) groups is 1. The summed E-state index contributed by atoms with van der Waals surface area (Å²) in [5.74, 6) is -0.836. The van der Waals surface area contributed by atoms with Gasteiger partial charge in [0.15, 0.2) is 11.8 Å². The molecule has 4 rings (SSSR count). The average Bonchev–Trinajstić information content (AvgIpc) is 3.14. The predicted octanol–water partition coefficient (Wildman–Crippen LogP) is 5.67. The van der Waals surface area contributed by atoms with Crippen LogP contribution in [0.4, 0.5) is 13.2 Å². The number of H-pyrrole nitrogens is 1. The van der Waals surface area contributed by atoms with Crippen LogP contribution in [0.2, 0.25) is 5.02 Å². The number of hydrogen-bond acceptors (Lipinski definition) is 5. The van der Waals surface area contributed by atoms with E-state index in [1.54, 1.807) is 19.1 Å². The molecule has 2 aromatic carbocycles. The van der Waals surface area contributed by atoms with Gasteiger partial charge in [0.1, 0.15) is 11.3 Å². The zero-order valence-corrected chi connectivity index (χ0v) is 17.6. The molecule has 33 heavy (non-hydrogen) atoms. The van der Waals surface area contributed by atoms with Crippen molar-refractivity contribution in [2.75, 3.05) is 0 Å². The fourth-order valence-electron chi connectivity index (χ4n) is 3.16. The van der Waals surface area contributed by atoms with Crippen molar-refractivity contribution in [3.05, 3.63) is 70.2 Å². The Bertz CT molecular complexity index is 1350. The standard InChI is InChI=1S/C22H15ClF3N3O4/c1-10-2-7-13(8-14(10)20(31)32)33-21-27-16-9-15(23)17(28-19(16)29-21)11-3-5-12(6-4-11)18(30)22(24,25)26/h2-9,18,30H,1H3,(H,31,32)(H,27,28,29). The lowest BCUT2D eigenvalue weighted by Crippen LogP contribution is -2.19. The second kappa shape index (κ2) is 8.38. The Morgan fingerprint density at radius 3 is 2.45 bits per heavy atom. The molecule has 0 saturated heterocycles. The summed E-state index contributed by atoms with van der Waals surface area (Å²) in [6.07, 6.45) is -7.36. The number of imidazole rings is 1. The smallest absolute Gasteiger partial charge is 0.418 e. The Labute approximate surface area is 189 Å². The van der Waals surface area contributed by atoms with Gasteiger partial charge in [-0.25, -0.2) is 9.78 Å². The number of carboxylic acids is 1. The summed E-state index contributed by atoms with van der Waals surface area (Å²) >= 11 is 6.30. The summed E-state index contributed by atoms with van der Waals surface area (Å²) in [7, 11) is 0. The van der Waals surface area contributed by atoms with Gasteiger partial charge < -0.3 is 14.9 Å². The number of aromatic nitrogens is 3. The number of nitrogens with one attached hydrogen (secondary N) is 1. The zero-order chi connectivity index (χ0) is 23.9. The van der Waals surface area contributed by atoms with Crippen molar-refractivity contribution in [2.24, 2.45) is 0 Å². The molecule has 0 radical (unpaired) electrons. The first-order chi connectivity index (χ1) is 15.5. The first-order valence-electron chi connectivity index (χ1n) is 9.46. The Balaban J connectivity index is 1.63. The summed E-state index contributed by atoms with van der Waals surface area (Å²) in [6, 6.07) is 11.2. The number of pyridine rings is 1. The van der Waals surface area contributed by atoms with Crippen LogP contribution >= 0.6 is 11.6 Å². The molecule has 1 atom stereocenters. The molecule has 7 nitrogen and oxygen atoms in total. The van der Waals surface area contributed by atoms with E-state index in [0.29, 0.717) is 22.3 Å². The topological polar surface area (TPSA) is 108 Å². The summed E-state index contributed by atoms with van der Waals surface area (Å²) in [4.78, 5) is 22.8. The van der Waals surface area contributed by atoms with Gasteiger partial charge in [0, 0.05) is 5.56 Å². The number of carboxylic acid groups (broad SMARTS) is 1. The number of alkyl halides is 3. The lowest BCUT2D eigenvalue weighted by Gasteiger charge is -2.15. The number of halogens is 4. The van der Waals surface area contributed by atoms with Gasteiger partial charge in [-0.3, -0.25) is 4.98 Å². The van der Waals surface area contributed by atoms with E-state index in [0.717, 1.165) is 12.1 Å². The molecule has 0 spiro atoms. The average molecular weight is 478 g/mol. The predicted molar refractivity (Wildman–Crippen MR) is 114 cm³/mol. The maximum absolute atomic E-state index is 12.7. The van der Waals surface area contributed by atoms with E-state index < -0.39 is 18.2 Å². The van der Waals surface area contributed by atoms with Crippen LogP contribution in [0.1, 0.15) is 27.6 Å². The third-order valence-corrected chi connectivity index (χ3v) is 5.16. The van der Waals surface area contributed by atoms with Crippen LogP contribution in [0, 0.1) is 6.92 Å². The lowest BCUT2D eigenvalue weighted by molar-refractivity contribution is -0.206. The maximum atomic E-state index is 12.7. The molecule has 1 unspecified atom stereocenters. The monoisotopic (exact) mass is 477 g/mol. The van der Waals surface area contributed by atoms with Crippen molar-refractivity contribution in [2.45, 2.75) is 19.2 Å². The van der Waals surface area contributed by atoms with Crippen molar-refractivity contribution in [1.29, 1.82) is 0 Å². The van der Waals surface area contributed by atoms with Crippen LogP contribution < -0.4 is 4.74 Å². The van der Waals surface area contributed by atoms with E-state index in [1.807, 2.05) is 0 Å². The lowest BCUT2D eigenvalue weighted by atomic mass is 10.0. The molecule has 2 heterocycles. The number of aromatic amines is 1. The highest BCUT2D eigenvalue weighted by atomic mass is 35.5. The Morgan fingerprint density at radius 1 is 1.12 bits per heavy atom. The maximum Gasteiger partial charge on any atom is 0.418 e. The molecule has 170 valence electrons. The first-order valence-corrected chi connectivity index (χ1v) is 9.84. The molecule has 0 amide bonds. The summed E-state index contributed by atoms with van der Waals surface area (Å²) < 4.78 is 43.7. The minimum atomic E-state index is -4.77. The Morgan fingerprint density at radius 2 is 1.82 bits per heavy atom. The number of aromatic carboxylic acids is 1. The highest BCUT2D eigenvalue weighted by Gasteiger charge is 2.39. The van der Waals surface area contributed by atoms with Gasteiger partial charge in [-0.1, -0.05) is 41.9 Å². The second-order valence-electron chi connectivity index (χ2n) is 7.18. The molecule has 0 fully saturated rings. The van der Waals surface area contributed by atoms with Crippen molar-refractivity contribution in [3.63, 3.8) is 0 Å². The molecule has 0 aliphatic rings. The number of nitrogens with zero attached hydrogens (tertiary/aromatic N) is 2. The van der Waals surface area contributed by atoms with Crippen LogP contribution in [0.15, 0.2) is 48.5 Å². The van der Waals surface area contributed by atoms with Crippen molar-refractivity contribution in [1.82, 2.24) is 15.0 Å². The molecule has 4 aromatic rings. The van der Waals surface area contributed by atoms with E-state index in [-0.39, 0.29) is 33.6 Å². The molecule has 3 N–H and O–H groups in total. The zero-order valence-electron chi connectivity index (χ0n) is 16.8. The minimum absolute atomic E-state index is 0.0505. The van der Waals surface area contributed by atoms with Crippen LogP contribution in [-0.4, -0.2) is 37.3 Å². The van der Waals surface area contributed by atoms with E-state index in [1.165, 1.54) is 24.3 Å². The van der Waals surface area contributed by atoms with Gasteiger partial charge in [-0.2, -0.15) is 18.2 Å².